The van der Waals surface area contributed by atoms with Crippen molar-refractivity contribution in [1.82, 2.24) is 4.90 Å². The van der Waals surface area contributed by atoms with Crippen LogP contribution in [0, 0.1) is 11.7 Å². The SMILES string of the molecule is NCCC1CCN(Cc2cc(Cl)ccc2F)C1. The van der Waals surface area contributed by atoms with Crippen molar-refractivity contribution in [1.29, 1.82) is 0 Å². The van der Waals surface area contributed by atoms with Crippen molar-refractivity contribution in [3.8, 4) is 0 Å². The van der Waals surface area contributed by atoms with Crippen molar-refractivity contribution in [2.75, 3.05) is 19.6 Å². The highest BCUT2D eigenvalue weighted by atomic mass is 35.5. The van der Waals surface area contributed by atoms with E-state index in [4.69, 9.17) is 17.3 Å². The molecule has 1 unspecified atom stereocenters. The molecule has 1 aromatic rings. The number of nitrogens with zero attached hydrogens (tertiary/aromatic N) is 1. The molecule has 1 aliphatic rings. The summed E-state index contributed by atoms with van der Waals surface area (Å²) in [5, 5.41) is 0.596. The van der Waals surface area contributed by atoms with Gasteiger partial charge in [-0.2, -0.15) is 0 Å². The molecule has 2 nitrogen and oxygen atoms in total. The van der Waals surface area contributed by atoms with Gasteiger partial charge in [-0.15, -0.1) is 0 Å². The predicted octanol–water partition coefficient (Wildman–Crippen LogP) is 2.65. The molecule has 1 fully saturated rings. The molecule has 0 spiro atoms. The van der Waals surface area contributed by atoms with E-state index in [-0.39, 0.29) is 5.82 Å². The summed E-state index contributed by atoms with van der Waals surface area (Å²) in [7, 11) is 0. The molecule has 2 N–H and O–H groups in total. The normalized spacial score (nSPS) is 21.0. The highest BCUT2D eigenvalue weighted by Gasteiger charge is 2.22. The van der Waals surface area contributed by atoms with Gasteiger partial charge >= 0.3 is 0 Å². The Morgan fingerprint density at radius 3 is 3.06 bits per heavy atom. The lowest BCUT2D eigenvalue weighted by atomic mass is 10.1. The quantitative estimate of drug-likeness (QED) is 0.898. The summed E-state index contributed by atoms with van der Waals surface area (Å²) in [6.07, 6.45) is 2.23. The van der Waals surface area contributed by atoms with Crippen LogP contribution in [-0.2, 0) is 6.54 Å². The Labute approximate surface area is 107 Å². The fourth-order valence-electron chi connectivity index (χ4n) is 2.43. The first-order valence-electron chi connectivity index (χ1n) is 6.05. The smallest absolute Gasteiger partial charge is 0.127 e. The Morgan fingerprint density at radius 1 is 1.47 bits per heavy atom. The van der Waals surface area contributed by atoms with E-state index in [9.17, 15) is 4.39 Å². The Balaban J connectivity index is 1.95. The van der Waals surface area contributed by atoms with E-state index in [0.29, 0.717) is 23.0 Å². The van der Waals surface area contributed by atoms with Crippen molar-refractivity contribution in [2.24, 2.45) is 11.7 Å². The minimum atomic E-state index is -0.170. The molecule has 4 heteroatoms. The summed E-state index contributed by atoms with van der Waals surface area (Å²) in [5.74, 6) is 0.499. The number of likely N-dealkylation sites (tertiary alicyclic amines) is 1. The van der Waals surface area contributed by atoms with Gasteiger partial charge < -0.3 is 5.73 Å². The molecule has 17 heavy (non-hydrogen) atoms. The van der Waals surface area contributed by atoms with Gasteiger partial charge in [-0.3, -0.25) is 4.90 Å². The third-order valence-corrected chi connectivity index (χ3v) is 3.58. The van der Waals surface area contributed by atoms with Crippen molar-refractivity contribution >= 4 is 11.6 Å². The first-order chi connectivity index (χ1) is 8.19. The van der Waals surface area contributed by atoms with Gasteiger partial charge in [0, 0.05) is 23.7 Å². The maximum atomic E-state index is 13.6. The van der Waals surface area contributed by atoms with Gasteiger partial charge in [-0.25, -0.2) is 4.39 Å². The summed E-state index contributed by atoms with van der Waals surface area (Å²) < 4.78 is 13.6. The fraction of sp³-hybridized carbons (Fsp3) is 0.538. The Bertz CT molecular complexity index is 384. The molecule has 1 saturated heterocycles. The highest BCUT2D eigenvalue weighted by molar-refractivity contribution is 6.30. The topological polar surface area (TPSA) is 29.3 Å². The molecule has 1 atom stereocenters. The van der Waals surface area contributed by atoms with Crippen LogP contribution in [0.1, 0.15) is 18.4 Å². The number of nitrogens with two attached hydrogens (primary N) is 1. The van der Waals surface area contributed by atoms with Crippen LogP contribution in [-0.4, -0.2) is 24.5 Å². The van der Waals surface area contributed by atoms with Crippen molar-refractivity contribution < 1.29 is 4.39 Å². The van der Waals surface area contributed by atoms with Gasteiger partial charge in [0.15, 0.2) is 0 Å². The van der Waals surface area contributed by atoms with Crippen LogP contribution in [0.3, 0.4) is 0 Å². The average molecular weight is 257 g/mol. The Hall–Kier alpha value is -0.640. The molecule has 1 aliphatic heterocycles. The Kier molecular flexibility index (Phi) is 4.37. The summed E-state index contributed by atoms with van der Waals surface area (Å²) >= 11 is 5.88. The van der Waals surface area contributed by atoms with Gasteiger partial charge in [-0.05, 0) is 50.0 Å². The van der Waals surface area contributed by atoms with Crippen LogP contribution >= 0.6 is 11.6 Å². The molecule has 94 valence electrons. The van der Waals surface area contributed by atoms with Crippen LogP contribution < -0.4 is 5.73 Å². The molecule has 0 bridgehead atoms. The maximum Gasteiger partial charge on any atom is 0.127 e. The maximum absolute atomic E-state index is 13.6. The summed E-state index contributed by atoms with van der Waals surface area (Å²) in [6.45, 7) is 3.43. The lowest BCUT2D eigenvalue weighted by Crippen LogP contribution is -2.21. The minimum Gasteiger partial charge on any atom is -0.330 e. The number of halogens is 2. The van der Waals surface area contributed by atoms with Crippen LogP contribution in [0.25, 0.3) is 0 Å². The van der Waals surface area contributed by atoms with Crippen LogP contribution in [0.5, 0.6) is 0 Å². The molecule has 0 radical (unpaired) electrons. The number of hydrogen-bond acceptors (Lipinski definition) is 2. The third kappa shape index (κ3) is 3.41. The van der Waals surface area contributed by atoms with Crippen molar-refractivity contribution in [2.45, 2.75) is 19.4 Å². The number of benzene rings is 1. The van der Waals surface area contributed by atoms with Crippen LogP contribution in [0.4, 0.5) is 4.39 Å². The summed E-state index contributed by atoms with van der Waals surface area (Å²) in [6, 6.07) is 4.74. The zero-order valence-corrected chi connectivity index (χ0v) is 10.6. The molecule has 0 saturated carbocycles. The van der Waals surface area contributed by atoms with Crippen LogP contribution in [0.15, 0.2) is 18.2 Å². The fourth-order valence-corrected chi connectivity index (χ4v) is 2.63. The van der Waals surface area contributed by atoms with Gasteiger partial charge in [0.2, 0.25) is 0 Å². The van der Waals surface area contributed by atoms with E-state index in [1.807, 2.05) is 0 Å². The van der Waals surface area contributed by atoms with E-state index in [1.165, 1.54) is 12.5 Å². The second kappa shape index (κ2) is 5.80. The highest BCUT2D eigenvalue weighted by Crippen LogP contribution is 2.23. The molecule has 0 aliphatic carbocycles. The van der Waals surface area contributed by atoms with Crippen molar-refractivity contribution in [3.05, 3.63) is 34.6 Å². The van der Waals surface area contributed by atoms with E-state index in [2.05, 4.69) is 4.90 Å². The second-order valence-corrected chi connectivity index (χ2v) is 5.14. The van der Waals surface area contributed by atoms with E-state index >= 15 is 0 Å². The van der Waals surface area contributed by atoms with E-state index in [0.717, 1.165) is 26.1 Å². The molecular formula is C13H18ClFN2. The molecule has 1 heterocycles. The molecular weight excluding hydrogens is 239 g/mol. The first kappa shape index (κ1) is 12.8. The van der Waals surface area contributed by atoms with Gasteiger partial charge in [-0.1, -0.05) is 11.6 Å². The number of hydrogen-bond donors (Lipinski definition) is 1. The molecule has 0 amide bonds. The zero-order chi connectivity index (χ0) is 12.3. The standard InChI is InChI=1S/C13H18ClFN2/c14-12-1-2-13(15)11(7-12)9-17-6-4-10(8-17)3-5-16/h1-2,7,10H,3-6,8-9,16H2. The summed E-state index contributed by atoms with van der Waals surface area (Å²) in [5.41, 5.74) is 6.24. The molecule has 0 aromatic heterocycles. The largest absolute Gasteiger partial charge is 0.330 e. The molecule has 1 aromatic carbocycles. The lowest BCUT2D eigenvalue weighted by Gasteiger charge is -2.16. The second-order valence-electron chi connectivity index (χ2n) is 4.70. The number of rotatable bonds is 4. The van der Waals surface area contributed by atoms with Crippen molar-refractivity contribution in [3.63, 3.8) is 0 Å². The van der Waals surface area contributed by atoms with E-state index < -0.39 is 0 Å². The van der Waals surface area contributed by atoms with Crippen LogP contribution in [0.2, 0.25) is 5.02 Å². The zero-order valence-electron chi connectivity index (χ0n) is 9.83. The minimum absolute atomic E-state index is 0.170. The van der Waals surface area contributed by atoms with Gasteiger partial charge in [0.25, 0.3) is 0 Å². The summed E-state index contributed by atoms with van der Waals surface area (Å²) in [4.78, 5) is 2.27. The molecule has 2 rings (SSSR count). The van der Waals surface area contributed by atoms with Gasteiger partial charge in [0.1, 0.15) is 5.82 Å². The van der Waals surface area contributed by atoms with E-state index in [1.54, 1.807) is 12.1 Å². The average Bonchev–Trinajstić information content (AvgIpc) is 2.72. The lowest BCUT2D eigenvalue weighted by molar-refractivity contribution is 0.309. The predicted molar refractivity (Wildman–Crippen MR) is 68.5 cm³/mol. The monoisotopic (exact) mass is 256 g/mol. The van der Waals surface area contributed by atoms with Gasteiger partial charge in [0.05, 0.1) is 0 Å². The third-order valence-electron chi connectivity index (χ3n) is 3.35. The Morgan fingerprint density at radius 2 is 2.29 bits per heavy atom. The first-order valence-corrected chi connectivity index (χ1v) is 6.43.